The molecule has 1 aliphatic rings. The number of thiocarbonyl (C=S) groups is 1. The van der Waals surface area contributed by atoms with Gasteiger partial charge in [-0.1, -0.05) is 65.9 Å². The highest BCUT2D eigenvalue weighted by molar-refractivity contribution is 8.26. The first-order chi connectivity index (χ1) is 11.0. The zero-order chi connectivity index (χ0) is 16.4. The second-order valence-electron chi connectivity index (χ2n) is 4.96. The Labute approximate surface area is 148 Å². The molecule has 116 valence electrons. The molecule has 2 aromatic carbocycles. The van der Waals surface area contributed by atoms with E-state index in [4.69, 9.17) is 23.8 Å². The van der Waals surface area contributed by atoms with E-state index in [-0.39, 0.29) is 11.7 Å². The summed E-state index contributed by atoms with van der Waals surface area (Å²) >= 11 is 12.5. The molecular formula is C17H12ClNO2S2. The van der Waals surface area contributed by atoms with E-state index < -0.39 is 0 Å². The maximum absolute atomic E-state index is 12.6. The van der Waals surface area contributed by atoms with Crippen molar-refractivity contribution in [3.05, 3.63) is 69.6 Å². The molecule has 3 rings (SSSR count). The number of halogens is 1. The first-order valence-corrected chi connectivity index (χ1v) is 8.42. The maximum Gasteiger partial charge on any atom is 0.266 e. The van der Waals surface area contributed by atoms with Crippen LogP contribution in [0.15, 0.2) is 53.4 Å². The molecule has 0 saturated carbocycles. The lowest BCUT2D eigenvalue weighted by Crippen LogP contribution is -2.27. The Kier molecular flexibility index (Phi) is 4.71. The summed E-state index contributed by atoms with van der Waals surface area (Å²) in [4.78, 5) is 14.6. The van der Waals surface area contributed by atoms with E-state index in [1.54, 1.807) is 23.1 Å². The monoisotopic (exact) mass is 361 g/mol. The van der Waals surface area contributed by atoms with Crippen LogP contribution in [0, 0.1) is 0 Å². The van der Waals surface area contributed by atoms with Gasteiger partial charge in [0.2, 0.25) is 0 Å². The van der Waals surface area contributed by atoms with E-state index in [1.165, 1.54) is 17.8 Å². The standard InChI is InChI=1S/C17H12ClNO2S2/c18-13-6-7-14(20)12(8-13)9-15-16(21)19(17(22)23-15)10-11-4-2-1-3-5-11/h1-9,20H,10H2. The summed E-state index contributed by atoms with van der Waals surface area (Å²) in [5.41, 5.74) is 1.51. The Morgan fingerprint density at radius 1 is 1.22 bits per heavy atom. The summed E-state index contributed by atoms with van der Waals surface area (Å²) in [5.74, 6) is -0.0917. The van der Waals surface area contributed by atoms with Crippen LogP contribution >= 0.6 is 35.6 Å². The predicted octanol–water partition coefficient (Wildman–Crippen LogP) is 4.45. The molecule has 0 spiro atoms. The number of carbonyl (C=O) groups excluding carboxylic acids is 1. The second kappa shape index (κ2) is 6.74. The lowest BCUT2D eigenvalue weighted by Gasteiger charge is -2.14. The first kappa shape index (κ1) is 16.1. The van der Waals surface area contributed by atoms with E-state index >= 15 is 0 Å². The van der Waals surface area contributed by atoms with Crippen LogP contribution in [0.25, 0.3) is 6.08 Å². The van der Waals surface area contributed by atoms with Gasteiger partial charge in [0.05, 0.1) is 11.4 Å². The van der Waals surface area contributed by atoms with Crippen molar-refractivity contribution in [2.45, 2.75) is 6.54 Å². The normalized spacial score (nSPS) is 16.4. The number of thioether (sulfide) groups is 1. The average molecular weight is 362 g/mol. The van der Waals surface area contributed by atoms with Gasteiger partial charge in [-0.05, 0) is 29.8 Å². The SMILES string of the molecule is O=C1C(=Cc2cc(Cl)ccc2O)SC(=S)N1Cc1ccccc1. The highest BCUT2D eigenvalue weighted by Gasteiger charge is 2.32. The van der Waals surface area contributed by atoms with Crippen molar-refractivity contribution in [3.63, 3.8) is 0 Å². The summed E-state index contributed by atoms with van der Waals surface area (Å²) in [5, 5.41) is 10.4. The minimum absolute atomic E-state index is 0.0720. The molecule has 0 aromatic heterocycles. The minimum Gasteiger partial charge on any atom is -0.507 e. The molecule has 2 aromatic rings. The summed E-state index contributed by atoms with van der Waals surface area (Å²) < 4.78 is 0.506. The highest BCUT2D eigenvalue weighted by Crippen LogP contribution is 2.35. The number of benzene rings is 2. The Morgan fingerprint density at radius 3 is 2.70 bits per heavy atom. The Morgan fingerprint density at radius 2 is 1.96 bits per heavy atom. The van der Waals surface area contributed by atoms with Gasteiger partial charge in [0, 0.05) is 10.6 Å². The third kappa shape index (κ3) is 3.58. The van der Waals surface area contributed by atoms with E-state index in [0.29, 0.717) is 26.4 Å². The smallest absolute Gasteiger partial charge is 0.266 e. The van der Waals surface area contributed by atoms with E-state index in [0.717, 1.165) is 5.56 Å². The molecule has 23 heavy (non-hydrogen) atoms. The number of nitrogens with zero attached hydrogens (tertiary/aromatic N) is 1. The largest absolute Gasteiger partial charge is 0.507 e. The molecule has 0 bridgehead atoms. The van der Waals surface area contributed by atoms with Crippen LogP contribution in [0.3, 0.4) is 0 Å². The van der Waals surface area contributed by atoms with Gasteiger partial charge in [0.15, 0.2) is 0 Å². The van der Waals surface area contributed by atoms with Crippen molar-refractivity contribution >= 4 is 51.9 Å². The van der Waals surface area contributed by atoms with Gasteiger partial charge < -0.3 is 5.11 Å². The predicted molar refractivity (Wildman–Crippen MR) is 98.3 cm³/mol. The van der Waals surface area contributed by atoms with Crippen LogP contribution < -0.4 is 0 Å². The number of phenolic OH excluding ortho intramolecular Hbond substituents is 1. The Bertz CT molecular complexity index is 805. The molecule has 1 amide bonds. The summed E-state index contributed by atoms with van der Waals surface area (Å²) in [7, 11) is 0. The Hall–Kier alpha value is -1.82. The van der Waals surface area contributed by atoms with E-state index in [1.807, 2.05) is 30.3 Å². The number of phenols is 1. The molecule has 0 atom stereocenters. The number of amides is 1. The van der Waals surface area contributed by atoms with Crippen LogP contribution in [0.4, 0.5) is 0 Å². The number of hydrogen-bond acceptors (Lipinski definition) is 4. The van der Waals surface area contributed by atoms with Crippen molar-refractivity contribution in [2.24, 2.45) is 0 Å². The van der Waals surface area contributed by atoms with Crippen molar-refractivity contribution in [3.8, 4) is 5.75 Å². The van der Waals surface area contributed by atoms with Crippen LogP contribution in [-0.2, 0) is 11.3 Å². The second-order valence-corrected chi connectivity index (χ2v) is 7.07. The van der Waals surface area contributed by atoms with Gasteiger partial charge in [-0.25, -0.2) is 0 Å². The van der Waals surface area contributed by atoms with Crippen molar-refractivity contribution in [1.29, 1.82) is 0 Å². The molecule has 3 nitrogen and oxygen atoms in total. The third-order valence-electron chi connectivity index (χ3n) is 3.33. The van der Waals surface area contributed by atoms with Crippen molar-refractivity contribution in [1.82, 2.24) is 4.90 Å². The molecule has 0 aliphatic carbocycles. The van der Waals surface area contributed by atoms with E-state index in [2.05, 4.69) is 0 Å². The highest BCUT2D eigenvalue weighted by atomic mass is 35.5. The third-order valence-corrected chi connectivity index (χ3v) is 4.95. The molecule has 1 aliphatic heterocycles. The maximum atomic E-state index is 12.6. The van der Waals surface area contributed by atoms with Gasteiger partial charge in [0.1, 0.15) is 10.1 Å². The molecule has 0 radical (unpaired) electrons. The van der Waals surface area contributed by atoms with Crippen LogP contribution in [0.2, 0.25) is 5.02 Å². The summed E-state index contributed by atoms with van der Waals surface area (Å²) in [6.07, 6.45) is 1.62. The molecule has 1 heterocycles. The average Bonchev–Trinajstić information content (AvgIpc) is 2.80. The molecule has 6 heteroatoms. The molecule has 1 N–H and O–H groups in total. The van der Waals surface area contributed by atoms with Crippen LogP contribution in [-0.4, -0.2) is 20.2 Å². The van der Waals surface area contributed by atoms with Crippen molar-refractivity contribution < 1.29 is 9.90 Å². The van der Waals surface area contributed by atoms with Gasteiger partial charge >= 0.3 is 0 Å². The fourth-order valence-electron chi connectivity index (χ4n) is 2.18. The zero-order valence-corrected chi connectivity index (χ0v) is 14.3. The fraction of sp³-hybridized carbons (Fsp3) is 0.0588. The van der Waals surface area contributed by atoms with Gasteiger partial charge in [-0.2, -0.15) is 0 Å². The topological polar surface area (TPSA) is 40.5 Å². The number of rotatable bonds is 3. The lowest BCUT2D eigenvalue weighted by atomic mass is 10.2. The molecule has 0 unspecified atom stereocenters. The number of aromatic hydroxyl groups is 1. The molecule has 1 fully saturated rings. The van der Waals surface area contributed by atoms with Crippen molar-refractivity contribution in [2.75, 3.05) is 0 Å². The van der Waals surface area contributed by atoms with Gasteiger partial charge in [0.25, 0.3) is 5.91 Å². The molecule has 1 saturated heterocycles. The van der Waals surface area contributed by atoms with Crippen LogP contribution in [0.5, 0.6) is 5.75 Å². The number of carbonyl (C=O) groups is 1. The zero-order valence-electron chi connectivity index (χ0n) is 11.9. The van der Waals surface area contributed by atoms with Crippen LogP contribution in [0.1, 0.15) is 11.1 Å². The summed E-state index contributed by atoms with van der Waals surface area (Å²) in [6.45, 7) is 0.435. The first-order valence-electron chi connectivity index (χ1n) is 6.82. The lowest BCUT2D eigenvalue weighted by molar-refractivity contribution is -0.122. The molecular weight excluding hydrogens is 350 g/mol. The van der Waals surface area contributed by atoms with E-state index in [9.17, 15) is 9.90 Å². The van der Waals surface area contributed by atoms with Gasteiger partial charge in [-0.15, -0.1) is 0 Å². The van der Waals surface area contributed by atoms with Gasteiger partial charge in [-0.3, -0.25) is 9.69 Å². The summed E-state index contributed by atoms with van der Waals surface area (Å²) in [6, 6.07) is 14.4. The Balaban J connectivity index is 1.86. The quantitative estimate of drug-likeness (QED) is 0.647. The number of hydrogen-bond donors (Lipinski definition) is 1. The fourth-order valence-corrected chi connectivity index (χ4v) is 3.61. The minimum atomic E-state index is -0.164.